The van der Waals surface area contributed by atoms with Gasteiger partial charge in [-0.2, -0.15) is 0 Å². The summed E-state index contributed by atoms with van der Waals surface area (Å²) >= 11 is 12.6. The maximum absolute atomic E-state index is 12.6. The van der Waals surface area contributed by atoms with E-state index in [0.717, 1.165) is 11.8 Å². The third-order valence-electron chi connectivity index (χ3n) is 3.27. The first-order chi connectivity index (χ1) is 11.5. The maximum atomic E-state index is 12.6. The van der Waals surface area contributed by atoms with Gasteiger partial charge in [-0.05, 0) is 23.8 Å². The first kappa shape index (κ1) is 16.6. The van der Waals surface area contributed by atoms with Crippen LogP contribution in [-0.2, 0) is 4.79 Å². The Morgan fingerprint density at radius 1 is 1.21 bits per heavy atom. The first-order valence-corrected chi connectivity index (χ1v) is 8.34. The largest absolute Gasteiger partial charge is 0.270 e. The Labute approximate surface area is 152 Å². The number of thiocarbonyl (C=S) groups is 1. The van der Waals surface area contributed by atoms with Crippen LogP contribution in [0.1, 0.15) is 5.56 Å². The Morgan fingerprint density at radius 3 is 2.67 bits per heavy atom. The lowest BCUT2D eigenvalue weighted by atomic mass is 10.2. The fraction of sp³-hybridized carbons (Fsp3) is 0. The van der Waals surface area contributed by atoms with Crippen LogP contribution in [-0.4, -0.2) is 15.2 Å². The number of halogens is 1. The smallest absolute Gasteiger partial charge is 0.268 e. The van der Waals surface area contributed by atoms with Crippen LogP contribution in [0.4, 0.5) is 11.4 Å². The van der Waals surface area contributed by atoms with Crippen LogP contribution < -0.4 is 4.90 Å². The van der Waals surface area contributed by atoms with Gasteiger partial charge in [0, 0.05) is 12.1 Å². The molecule has 0 aromatic heterocycles. The number of carbonyl (C=O) groups excluding carboxylic acids is 1. The van der Waals surface area contributed by atoms with Crippen molar-refractivity contribution >= 4 is 63.3 Å². The highest BCUT2D eigenvalue weighted by atomic mass is 35.5. The number of hydrogen-bond acceptors (Lipinski definition) is 5. The number of benzene rings is 2. The van der Waals surface area contributed by atoms with E-state index in [1.165, 1.54) is 17.0 Å². The lowest BCUT2D eigenvalue weighted by Gasteiger charge is -2.15. The summed E-state index contributed by atoms with van der Waals surface area (Å²) in [6.07, 6.45) is 1.59. The molecule has 1 aliphatic rings. The average Bonchev–Trinajstić information content (AvgIpc) is 2.82. The topological polar surface area (TPSA) is 63.4 Å². The zero-order valence-corrected chi connectivity index (χ0v) is 14.4. The van der Waals surface area contributed by atoms with Gasteiger partial charge in [0.05, 0.1) is 20.5 Å². The van der Waals surface area contributed by atoms with Gasteiger partial charge in [0.1, 0.15) is 0 Å². The molecule has 0 bridgehead atoms. The number of nitro groups is 1. The summed E-state index contributed by atoms with van der Waals surface area (Å²) in [4.78, 5) is 24.8. The third-order valence-corrected chi connectivity index (χ3v) is 4.89. The van der Waals surface area contributed by atoms with Crippen molar-refractivity contribution in [1.29, 1.82) is 0 Å². The van der Waals surface area contributed by atoms with E-state index in [1.807, 2.05) is 0 Å². The van der Waals surface area contributed by atoms with Crippen molar-refractivity contribution in [2.45, 2.75) is 0 Å². The van der Waals surface area contributed by atoms with E-state index in [0.29, 0.717) is 25.5 Å². The van der Waals surface area contributed by atoms with Gasteiger partial charge >= 0.3 is 0 Å². The molecule has 0 atom stereocenters. The summed E-state index contributed by atoms with van der Waals surface area (Å²) in [7, 11) is 0. The van der Waals surface area contributed by atoms with Gasteiger partial charge in [0.2, 0.25) is 0 Å². The summed E-state index contributed by atoms with van der Waals surface area (Å²) in [5.74, 6) is -0.301. The Morgan fingerprint density at radius 2 is 1.96 bits per heavy atom. The second kappa shape index (κ2) is 6.72. The zero-order valence-electron chi connectivity index (χ0n) is 12.0. The SMILES string of the molecule is O=C1C(=Cc2cccc([N+](=O)[O-])c2)SC(=S)N1c1ccccc1Cl. The van der Waals surface area contributed by atoms with E-state index in [9.17, 15) is 14.9 Å². The van der Waals surface area contributed by atoms with E-state index >= 15 is 0 Å². The van der Waals surface area contributed by atoms with Gasteiger partial charge < -0.3 is 0 Å². The predicted molar refractivity (Wildman–Crippen MR) is 100 cm³/mol. The van der Waals surface area contributed by atoms with Gasteiger partial charge in [-0.25, -0.2) is 0 Å². The number of amides is 1. The second-order valence-electron chi connectivity index (χ2n) is 4.82. The zero-order chi connectivity index (χ0) is 17.3. The van der Waals surface area contributed by atoms with Crippen molar-refractivity contribution in [2.75, 3.05) is 4.90 Å². The van der Waals surface area contributed by atoms with Crippen LogP contribution >= 0.6 is 35.6 Å². The molecular formula is C16H9ClN2O3S2. The molecule has 5 nitrogen and oxygen atoms in total. The van der Waals surface area contributed by atoms with Crippen LogP contribution in [0.2, 0.25) is 5.02 Å². The molecule has 2 aromatic rings. The summed E-state index contributed by atoms with van der Waals surface area (Å²) in [6, 6.07) is 13.0. The summed E-state index contributed by atoms with van der Waals surface area (Å²) in [6.45, 7) is 0. The van der Waals surface area contributed by atoms with E-state index < -0.39 is 4.92 Å². The number of rotatable bonds is 3. The van der Waals surface area contributed by atoms with Gasteiger partial charge in [-0.1, -0.05) is 59.8 Å². The highest BCUT2D eigenvalue weighted by Crippen LogP contribution is 2.38. The fourth-order valence-electron chi connectivity index (χ4n) is 2.19. The molecule has 3 rings (SSSR count). The minimum atomic E-state index is -0.480. The minimum Gasteiger partial charge on any atom is -0.268 e. The standard InChI is InChI=1S/C16H9ClN2O3S2/c17-12-6-1-2-7-13(12)18-15(20)14(24-16(18)23)9-10-4-3-5-11(8-10)19(21)22/h1-9H. The number of hydrogen-bond donors (Lipinski definition) is 0. The van der Waals surface area contributed by atoms with Crippen molar-refractivity contribution in [2.24, 2.45) is 0 Å². The molecule has 8 heteroatoms. The average molecular weight is 377 g/mol. The Balaban J connectivity index is 1.96. The number of nitro benzene ring substituents is 1. The number of nitrogens with zero attached hydrogens (tertiary/aromatic N) is 2. The second-order valence-corrected chi connectivity index (χ2v) is 6.90. The molecule has 1 heterocycles. The number of thioether (sulfide) groups is 1. The molecule has 0 saturated carbocycles. The van der Waals surface area contributed by atoms with Crippen LogP contribution in [0.5, 0.6) is 0 Å². The highest BCUT2D eigenvalue weighted by molar-refractivity contribution is 8.27. The molecule has 1 amide bonds. The third kappa shape index (κ3) is 3.19. The summed E-state index contributed by atoms with van der Waals surface area (Å²) in [5, 5.41) is 11.3. The van der Waals surface area contributed by atoms with Crippen molar-refractivity contribution in [3.63, 3.8) is 0 Å². The Hall–Kier alpha value is -2.22. The van der Waals surface area contributed by atoms with Gasteiger partial charge in [0.25, 0.3) is 11.6 Å². The minimum absolute atomic E-state index is 0.0367. The predicted octanol–water partition coefficient (Wildman–Crippen LogP) is 4.65. The van der Waals surface area contributed by atoms with Crippen LogP contribution in [0, 0.1) is 10.1 Å². The van der Waals surface area contributed by atoms with E-state index in [-0.39, 0.29) is 11.6 Å². The van der Waals surface area contributed by atoms with Crippen molar-refractivity contribution in [1.82, 2.24) is 0 Å². The number of non-ortho nitro benzene ring substituents is 1. The van der Waals surface area contributed by atoms with Crippen LogP contribution in [0.3, 0.4) is 0 Å². The van der Waals surface area contributed by atoms with Crippen molar-refractivity contribution in [3.8, 4) is 0 Å². The molecule has 1 fully saturated rings. The molecule has 0 spiro atoms. The normalized spacial score (nSPS) is 16.0. The maximum Gasteiger partial charge on any atom is 0.270 e. The van der Waals surface area contributed by atoms with Crippen LogP contribution in [0.25, 0.3) is 6.08 Å². The summed E-state index contributed by atoms with van der Waals surface area (Å²) in [5.41, 5.74) is 1.04. The molecule has 1 aliphatic heterocycles. The molecule has 24 heavy (non-hydrogen) atoms. The number of carbonyl (C=O) groups is 1. The molecule has 2 aromatic carbocycles. The fourth-order valence-corrected chi connectivity index (χ4v) is 3.69. The van der Waals surface area contributed by atoms with Gasteiger partial charge in [-0.15, -0.1) is 0 Å². The van der Waals surface area contributed by atoms with Crippen LogP contribution in [0.15, 0.2) is 53.4 Å². The molecule has 0 N–H and O–H groups in total. The lowest BCUT2D eigenvalue weighted by Crippen LogP contribution is -2.27. The monoisotopic (exact) mass is 376 g/mol. The van der Waals surface area contributed by atoms with Gasteiger partial charge in [-0.3, -0.25) is 19.8 Å². The van der Waals surface area contributed by atoms with E-state index in [4.69, 9.17) is 23.8 Å². The van der Waals surface area contributed by atoms with Crippen molar-refractivity contribution < 1.29 is 9.72 Å². The first-order valence-electron chi connectivity index (χ1n) is 6.74. The number of para-hydroxylation sites is 1. The highest BCUT2D eigenvalue weighted by Gasteiger charge is 2.34. The molecule has 120 valence electrons. The van der Waals surface area contributed by atoms with Gasteiger partial charge in [0.15, 0.2) is 4.32 Å². The summed E-state index contributed by atoms with van der Waals surface area (Å²) < 4.78 is 0.366. The lowest BCUT2D eigenvalue weighted by molar-refractivity contribution is -0.384. The Bertz CT molecular complexity index is 898. The molecule has 0 aliphatic carbocycles. The quantitative estimate of drug-likeness (QED) is 0.337. The van der Waals surface area contributed by atoms with Crippen molar-refractivity contribution in [3.05, 3.63) is 74.1 Å². The molecule has 1 saturated heterocycles. The molecule has 0 radical (unpaired) electrons. The number of anilines is 1. The van der Waals surface area contributed by atoms with E-state index in [2.05, 4.69) is 0 Å². The molecule has 0 unspecified atom stereocenters. The Kier molecular flexibility index (Phi) is 4.66. The molecular weight excluding hydrogens is 368 g/mol. The van der Waals surface area contributed by atoms with E-state index in [1.54, 1.807) is 42.5 Å².